The molecule has 0 aromatic heterocycles. The van der Waals surface area contributed by atoms with Crippen molar-refractivity contribution in [2.45, 2.75) is 94.9 Å². The average Bonchev–Trinajstić information content (AvgIpc) is 3.47. The Labute approximate surface area is 201 Å². The average molecular weight is 468 g/mol. The summed E-state index contributed by atoms with van der Waals surface area (Å²) < 4.78 is 6.61. The van der Waals surface area contributed by atoms with Crippen molar-refractivity contribution in [2.24, 2.45) is 17.1 Å². The maximum Gasteiger partial charge on any atom is 0.252 e. The van der Waals surface area contributed by atoms with Gasteiger partial charge in [-0.15, -0.1) is 0 Å². The zero-order chi connectivity index (χ0) is 24.0. The molecule has 1 spiro atoms. The number of nitrogens with zero attached hydrogens (tertiary/aromatic N) is 1. The highest BCUT2D eigenvalue weighted by Crippen LogP contribution is 2.64. The van der Waals surface area contributed by atoms with Crippen LogP contribution in [-0.2, 0) is 16.6 Å². The predicted octanol–water partition coefficient (Wildman–Crippen LogP) is 2.27. The second-order valence-electron chi connectivity index (χ2n) is 12.6. The molecule has 0 radical (unpaired) electrons. The van der Waals surface area contributed by atoms with Crippen LogP contribution in [0.3, 0.4) is 0 Å². The van der Waals surface area contributed by atoms with Gasteiger partial charge < -0.3 is 20.9 Å². The fraction of sp³-hybridized carbons (Fsp3) is 0.704. The summed E-state index contributed by atoms with van der Waals surface area (Å²) in [6, 6.07) is 3.60. The summed E-state index contributed by atoms with van der Waals surface area (Å²) in [5, 5.41) is 15.8. The largest absolute Gasteiger partial charge is 0.486 e. The summed E-state index contributed by atoms with van der Waals surface area (Å²) in [6.45, 7) is 8.10. The molecule has 2 aliphatic heterocycles. The van der Waals surface area contributed by atoms with Crippen LogP contribution in [0.2, 0.25) is 0 Å². The number of hydrogen-bond donors (Lipinski definition) is 3. The van der Waals surface area contributed by atoms with Gasteiger partial charge in [-0.3, -0.25) is 14.5 Å². The molecule has 5 aliphatic rings. The SMILES string of the molecule is CC(C)(C)CC(=O)N[C@@H]1CC[C@@]2(O)[C@H]3Cc4ccc(C(N)=O)c5c4[C@@]2(CCN3CC2CC2)[C@H]1O5. The van der Waals surface area contributed by atoms with E-state index >= 15 is 0 Å². The van der Waals surface area contributed by atoms with Gasteiger partial charge in [0.1, 0.15) is 11.9 Å². The van der Waals surface area contributed by atoms with E-state index < -0.39 is 23.0 Å². The molecule has 6 rings (SSSR count). The third-order valence-corrected chi connectivity index (χ3v) is 9.09. The molecular formula is C27H37N3O4. The maximum absolute atomic E-state index is 12.9. The molecule has 7 nitrogen and oxygen atoms in total. The minimum atomic E-state index is -0.954. The molecule has 7 heteroatoms. The first-order chi connectivity index (χ1) is 16.0. The van der Waals surface area contributed by atoms with Crippen LogP contribution in [0.5, 0.6) is 5.75 Å². The Bertz CT molecular complexity index is 1060. The van der Waals surface area contributed by atoms with Gasteiger partial charge in [0.2, 0.25) is 5.91 Å². The van der Waals surface area contributed by atoms with E-state index in [0.29, 0.717) is 30.6 Å². The van der Waals surface area contributed by atoms with Crippen molar-refractivity contribution >= 4 is 11.8 Å². The zero-order valence-corrected chi connectivity index (χ0v) is 20.5. The van der Waals surface area contributed by atoms with Crippen LogP contribution in [-0.4, -0.2) is 58.7 Å². The summed E-state index contributed by atoms with van der Waals surface area (Å²) in [5.41, 5.74) is 6.55. The smallest absolute Gasteiger partial charge is 0.252 e. The fourth-order valence-corrected chi connectivity index (χ4v) is 7.58. The van der Waals surface area contributed by atoms with E-state index in [9.17, 15) is 14.7 Å². The van der Waals surface area contributed by atoms with Gasteiger partial charge in [0.15, 0.2) is 0 Å². The third kappa shape index (κ3) is 3.08. The number of benzene rings is 1. The summed E-state index contributed by atoms with van der Waals surface area (Å²) in [5.74, 6) is 0.778. The zero-order valence-electron chi connectivity index (χ0n) is 20.5. The Balaban J connectivity index is 1.44. The van der Waals surface area contributed by atoms with Crippen molar-refractivity contribution < 1.29 is 19.4 Å². The summed E-state index contributed by atoms with van der Waals surface area (Å²) in [7, 11) is 0. The number of hydrogen-bond acceptors (Lipinski definition) is 5. The lowest BCUT2D eigenvalue weighted by Gasteiger charge is -2.64. The summed E-state index contributed by atoms with van der Waals surface area (Å²) in [6.07, 6.45) is 5.35. The Morgan fingerprint density at radius 1 is 1.24 bits per heavy atom. The molecule has 0 unspecified atom stereocenters. The summed E-state index contributed by atoms with van der Waals surface area (Å²) >= 11 is 0. The number of piperidine rings is 1. The number of nitrogens with one attached hydrogen (secondary N) is 1. The Morgan fingerprint density at radius 3 is 2.68 bits per heavy atom. The third-order valence-electron chi connectivity index (χ3n) is 9.09. The number of likely N-dealkylation sites (tertiary alicyclic amines) is 1. The second-order valence-corrected chi connectivity index (χ2v) is 12.6. The van der Waals surface area contributed by atoms with E-state index in [1.807, 2.05) is 6.07 Å². The molecule has 2 bridgehead atoms. The van der Waals surface area contributed by atoms with Crippen LogP contribution in [0.4, 0.5) is 0 Å². The molecule has 184 valence electrons. The molecule has 3 fully saturated rings. The van der Waals surface area contributed by atoms with Gasteiger partial charge in [-0.1, -0.05) is 26.8 Å². The lowest BCUT2D eigenvalue weighted by Crippen LogP contribution is -2.78. The quantitative estimate of drug-likeness (QED) is 0.616. The minimum absolute atomic E-state index is 0.00720. The second kappa shape index (κ2) is 7.20. The van der Waals surface area contributed by atoms with Gasteiger partial charge in [0.25, 0.3) is 5.91 Å². The first-order valence-electron chi connectivity index (χ1n) is 12.9. The fourth-order valence-electron chi connectivity index (χ4n) is 7.58. The molecule has 1 aromatic rings. The first-order valence-corrected chi connectivity index (χ1v) is 12.9. The van der Waals surface area contributed by atoms with Crippen molar-refractivity contribution in [3.05, 3.63) is 28.8 Å². The monoisotopic (exact) mass is 467 g/mol. The van der Waals surface area contributed by atoms with Gasteiger partial charge in [-0.05, 0) is 68.0 Å². The highest BCUT2D eigenvalue weighted by atomic mass is 16.5. The number of rotatable bonds is 5. The van der Waals surface area contributed by atoms with Gasteiger partial charge in [-0.25, -0.2) is 0 Å². The lowest BCUT2D eigenvalue weighted by atomic mass is 9.48. The molecule has 2 heterocycles. The van der Waals surface area contributed by atoms with E-state index in [0.717, 1.165) is 43.0 Å². The van der Waals surface area contributed by atoms with E-state index in [1.165, 1.54) is 12.8 Å². The Morgan fingerprint density at radius 2 is 2.00 bits per heavy atom. The highest BCUT2D eigenvalue weighted by Gasteiger charge is 2.73. The number of carbonyl (C=O) groups excluding carboxylic acids is 2. The molecule has 4 N–H and O–H groups in total. The van der Waals surface area contributed by atoms with Crippen LogP contribution in [0.1, 0.15) is 80.8 Å². The number of aliphatic hydroxyl groups is 1. The van der Waals surface area contributed by atoms with Crippen molar-refractivity contribution in [2.75, 3.05) is 13.1 Å². The number of ether oxygens (including phenoxy) is 1. The minimum Gasteiger partial charge on any atom is -0.486 e. The van der Waals surface area contributed by atoms with Crippen molar-refractivity contribution in [1.29, 1.82) is 0 Å². The first kappa shape index (κ1) is 22.4. The topological polar surface area (TPSA) is 105 Å². The van der Waals surface area contributed by atoms with Crippen molar-refractivity contribution in [3.63, 3.8) is 0 Å². The molecule has 3 aliphatic carbocycles. The van der Waals surface area contributed by atoms with Crippen LogP contribution in [0.25, 0.3) is 0 Å². The molecular weight excluding hydrogens is 430 g/mol. The van der Waals surface area contributed by atoms with Gasteiger partial charge in [0, 0.05) is 24.6 Å². The van der Waals surface area contributed by atoms with E-state index in [2.05, 4.69) is 31.0 Å². The van der Waals surface area contributed by atoms with Gasteiger partial charge in [0.05, 0.1) is 22.6 Å². The van der Waals surface area contributed by atoms with E-state index in [-0.39, 0.29) is 23.4 Å². The number of amides is 2. The molecule has 2 amide bonds. The maximum atomic E-state index is 12.9. The van der Waals surface area contributed by atoms with Crippen LogP contribution in [0.15, 0.2) is 12.1 Å². The molecule has 1 saturated heterocycles. The highest BCUT2D eigenvalue weighted by molar-refractivity contribution is 5.97. The van der Waals surface area contributed by atoms with E-state index in [1.54, 1.807) is 6.07 Å². The Kier molecular flexibility index (Phi) is 4.73. The predicted molar refractivity (Wildman–Crippen MR) is 128 cm³/mol. The van der Waals surface area contributed by atoms with Crippen LogP contribution in [0, 0.1) is 11.3 Å². The number of nitrogens with two attached hydrogens (primary N) is 1. The van der Waals surface area contributed by atoms with Crippen molar-refractivity contribution in [1.82, 2.24) is 10.2 Å². The van der Waals surface area contributed by atoms with Crippen LogP contribution >= 0.6 is 0 Å². The van der Waals surface area contributed by atoms with Crippen LogP contribution < -0.4 is 15.8 Å². The molecule has 2 saturated carbocycles. The normalized spacial score (nSPS) is 35.9. The van der Waals surface area contributed by atoms with Crippen molar-refractivity contribution in [3.8, 4) is 5.75 Å². The standard InChI is InChI=1S/C27H37N3O4/c1-25(2,3)13-20(31)29-18-8-9-27(33)19-12-16-6-7-17(24(28)32)22-21(16)26(27,23(18)34-22)10-11-30(19)14-15-4-5-15/h6-7,15,18-19,23,33H,4-5,8-14H2,1-3H3,(H2,28,32)(H,29,31)/t18-,19-,23+,26+,27-/m1/s1. The van der Waals surface area contributed by atoms with E-state index in [4.69, 9.17) is 10.5 Å². The Hall–Kier alpha value is -2.12. The molecule has 1 aromatic carbocycles. The van der Waals surface area contributed by atoms with Gasteiger partial charge in [-0.2, -0.15) is 0 Å². The number of primary amides is 1. The summed E-state index contributed by atoms with van der Waals surface area (Å²) in [4.78, 5) is 27.8. The molecule has 5 atom stereocenters. The number of carbonyl (C=O) groups is 2. The lowest BCUT2D eigenvalue weighted by molar-refractivity contribution is -0.192. The molecule has 34 heavy (non-hydrogen) atoms. The van der Waals surface area contributed by atoms with Gasteiger partial charge >= 0.3 is 0 Å².